The van der Waals surface area contributed by atoms with Crippen molar-refractivity contribution < 1.29 is 4.79 Å². The Hall–Kier alpha value is -1.06. The number of aryl methyl sites for hydroxylation is 1. The summed E-state index contributed by atoms with van der Waals surface area (Å²) in [5, 5.41) is 3.49. The Morgan fingerprint density at radius 1 is 1.12 bits per heavy atom. The molecule has 2 atom stereocenters. The van der Waals surface area contributed by atoms with Crippen LogP contribution in [0.3, 0.4) is 0 Å². The zero-order valence-corrected chi connectivity index (χ0v) is 15.8. The molecule has 3 rings (SSSR count). The zero-order valence-electron chi connectivity index (χ0n) is 15.0. The second kappa shape index (κ2) is 8.87. The number of halogens is 1. The van der Waals surface area contributed by atoms with E-state index in [1.807, 2.05) is 0 Å². The fraction of sp³-hybridized carbons (Fsp3) is 0.650. The first-order valence-electron chi connectivity index (χ1n) is 9.21. The summed E-state index contributed by atoms with van der Waals surface area (Å²) < 4.78 is 0. The van der Waals surface area contributed by atoms with E-state index in [0.29, 0.717) is 18.2 Å². The Morgan fingerprint density at radius 2 is 1.71 bits per heavy atom. The molecule has 2 fully saturated rings. The molecule has 0 unspecified atom stereocenters. The van der Waals surface area contributed by atoms with Crippen LogP contribution in [0, 0.1) is 11.8 Å². The number of carbonyl (C=O) groups is 1. The lowest BCUT2D eigenvalue weighted by Crippen LogP contribution is -2.32. The lowest BCUT2D eigenvalue weighted by atomic mass is 9.92. The van der Waals surface area contributed by atoms with E-state index >= 15 is 0 Å². The van der Waals surface area contributed by atoms with Crippen LogP contribution in [-0.4, -0.2) is 37.0 Å². The molecule has 2 heterocycles. The van der Waals surface area contributed by atoms with E-state index in [2.05, 4.69) is 48.3 Å². The Labute approximate surface area is 152 Å². The van der Waals surface area contributed by atoms with Gasteiger partial charge in [-0.3, -0.25) is 4.79 Å². The van der Waals surface area contributed by atoms with Crippen molar-refractivity contribution in [3.63, 3.8) is 0 Å². The number of rotatable bonds is 4. The SMILES string of the molecule is CC(C)c1ccc(CCC(=O)N2CC[C@@H]3CNC[C@@H]3CC2)cc1.Cl. The van der Waals surface area contributed by atoms with Crippen LogP contribution in [0.2, 0.25) is 0 Å². The predicted molar refractivity (Wildman–Crippen MR) is 102 cm³/mol. The van der Waals surface area contributed by atoms with Gasteiger partial charge in [0, 0.05) is 19.5 Å². The van der Waals surface area contributed by atoms with Crippen molar-refractivity contribution in [1.82, 2.24) is 10.2 Å². The number of fused-ring (bicyclic) bond motifs is 1. The predicted octanol–water partition coefficient (Wildman–Crippen LogP) is 3.62. The van der Waals surface area contributed by atoms with Gasteiger partial charge in [0.25, 0.3) is 0 Å². The van der Waals surface area contributed by atoms with Crippen LogP contribution >= 0.6 is 12.4 Å². The number of benzene rings is 1. The standard InChI is InChI=1S/C20H30N2O.ClH/c1-15(2)17-6-3-16(4-7-17)5-8-20(23)22-11-9-18-13-21-14-19(18)10-12-22;/h3-4,6-7,15,18-19,21H,5,8-14H2,1-2H3;1H/t18-,19+;. The van der Waals surface area contributed by atoms with E-state index in [1.54, 1.807) is 0 Å². The first-order valence-corrected chi connectivity index (χ1v) is 9.21. The van der Waals surface area contributed by atoms with Gasteiger partial charge in [-0.1, -0.05) is 38.1 Å². The Balaban J connectivity index is 0.00000208. The Kier molecular flexibility index (Phi) is 7.12. The van der Waals surface area contributed by atoms with E-state index in [0.717, 1.165) is 44.4 Å². The van der Waals surface area contributed by atoms with Crippen LogP contribution in [0.4, 0.5) is 0 Å². The van der Waals surface area contributed by atoms with Gasteiger partial charge in [0.2, 0.25) is 5.91 Å². The summed E-state index contributed by atoms with van der Waals surface area (Å²) in [4.78, 5) is 14.6. The van der Waals surface area contributed by atoms with Crippen LogP contribution in [0.5, 0.6) is 0 Å². The lowest BCUT2D eigenvalue weighted by Gasteiger charge is -2.21. The number of amides is 1. The summed E-state index contributed by atoms with van der Waals surface area (Å²) >= 11 is 0. The fourth-order valence-corrected chi connectivity index (χ4v) is 3.95. The second-order valence-electron chi connectivity index (χ2n) is 7.53. The highest BCUT2D eigenvalue weighted by atomic mass is 35.5. The summed E-state index contributed by atoms with van der Waals surface area (Å²) in [7, 11) is 0. The summed E-state index contributed by atoms with van der Waals surface area (Å²) in [5.74, 6) is 2.48. The summed E-state index contributed by atoms with van der Waals surface area (Å²) in [5.41, 5.74) is 2.64. The van der Waals surface area contributed by atoms with Crippen molar-refractivity contribution in [3.8, 4) is 0 Å². The third kappa shape index (κ3) is 4.73. The van der Waals surface area contributed by atoms with Gasteiger partial charge in [-0.2, -0.15) is 0 Å². The molecule has 2 aliphatic heterocycles. The molecule has 1 N–H and O–H groups in total. The van der Waals surface area contributed by atoms with Gasteiger partial charge in [-0.15, -0.1) is 12.4 Å². The third-order valence-corrected chi connectivity index (χ3v) is 5.65. The second-order valence-corrected chi connectivity index (χ2v) is 7.53. The van der Waals surface area contributed by atoms with Gasteiger partial charge < -0.3 is 10.2 Å². The molecule has 0 aromatic heterocycles. The highest BCUT2D eigenvalue weighted by molar-refractivity contribution is 5.85. The molecule has 0 aliphatic carbocycles. The van der Waals surface area contributed by atoms with Crippen LogP contribution in [-0.2, 0) is 11.2 Å². The Morgan fingerprint density at radius 3 is 2.25 bits per heavy atom. The number of nitrogens with zero attached hydrogens (tertiary/aromatic N) is 1. The summed E-state index contributed by atoms with van der Waals surface area (Å²) in [6.45, 7) is 8.62. The summed E-state index contributed by atoms with van der Waals surface area (Å²) in [6.07, 6.45) is 3.86. The number of nitrogens with one attached hydrogen (secondary N) is 1. The average Bonchev–Trinajstić information content (AvgIpc) is 2.91. The fourth-order valence-electron chi connectivity index (χ4n) is 3.95. The van der Waals surface area contributed by atoms with Crippen molar-refractivity contribution in [2.75, 3.05) is 26.2 Å². The molecule has 0 spiro atoms. The number of carbonyl (C=O) groups excluding carboxylic acids is 1. The monoisotopic (exact) mass is 350 g/mol. The molecule has 24 heavy (non-hydrogen) atoms. The van der Waals surface area contributed by atoms with E-state index in [1.165, 1.54) is 24.0 Å². The first kappa shape index (κ1) is 19.3. The molecule has 0 radical (unpaired) electrons. The van der Waals surface area contributed by atoms with Gasteiger partial charge in [0.05, 0.1) is 0 Å². The molecule has 1 aromatic carbocycles. The smallest absolute Gasteiger partial charge is 0.222 e. The van der Waals surface area contributed by atoms with Gasteiger partial charge in [0.1, 0.15) is 0 Å². The number of hydrogen-bond acceptors (Lipinski definition) is 2. The van der Waals surface area contributed by atoms with E-state index in [-0.39, 0.29) is 12.4 Å². The quantitative estimate of drug-likeness (QED) is 0.899. The zero-order chi connectivity index (χ0) is 16.2. The molecule has 0 saturated carbocycles. The minimum Gasteiger partial charge on any atom is -0.343 e. The number of likely N-dealkylation sites (tertiary alicyclic amines) is 1. The summed E-state index contributed by atoms with van der Waals surface area (Å²) in [6, 6.07) is 8.76. The van der Waals surface area contributed by atoms with Crippen molar-refractivity contribution in [2.45, 2.75) is 45.4 Å². The van der Waals surface area contributed by atoms with Crippen molar-refractivity contribution in [3.05, 3.63) is 35.4 Å². The van der Waals surface area contributed by atoms with Crippen LogP contribution in [0.1, 0.15) is 50.2 Å². The average molecular weight is 351 g/mol. The normalized spacial score (nSPS) is 23.5. The van der Waals surface area contributed by atoms with E-state index in [9.17, 15) is 4.79 Å². The molecule has 0 bridgehead atoms. The van der Waals surface area contributed by atoms with Crippen LogP contribution in [0.15, 0.2) is 24.3 Å². The van der Waals surface area contributed by atoms with Gasteiger partial charge >= 0.3 is 0 Å². The molecule has 4 heteroatoms. The molecular formula is C20H31ClN2O. The molecule has 1 amide bonds. The molecule has 134 valence electrons. The van der Waals surface area contributed by atoms with Gasteiger partial charge in [-0.05, 0) is 61.2 Å². The largest absolute Gasteiger partial charge is 0.343 e. The highest BCUT2D eigenvalue weighted by Gasteiger charge is 2.31. The van der Waals surface area contributed by atoms with Gasteiger partial charge in [0.15, 0.2) is 0 Å². The third-order valence-electron chi connectivity index (χ3n) is 5.65. The van der Waals surface area contributed by atoms with Crippen LogP contribution in [0.25, 0.3) is 0 Å². The van der Waals surface area contributed by atoms with Crippen molar-refractivity contribution in [2.24, 2.45) is 11.8 Å². The minimum absolute atomic E-state index is 0. The lowest BCUT2D eigenvalue weighted by molar-refractivity contribution is -0.131. The topological polar surface area (TPSA) is 32.3 Å². The molecule has 1 aromatic rings. The maximum atomic E-state index is 12.5. The maximum Gasteiger partial charge on any atom is 0.222 e. The highest BCUT2D eigenvalue weighted by Crippen LogP contribution is 2.27. The number of hydrogen-bond donors (Lipinski definition) is 1. The van der Waals surface area contributed by atoms with Gasteiger partial charge in [-0.25, -0.2) is 0 Å². The molecule has 2 saturated heterocycles. The maximum absolute atomic E-state index is 12.5. The minimum atomic E-state index is 0. The van der Waals surface area contributed by atoms with Crippen LogP contribution < -0.4 is 5.32 Å². The molecule has 3 nitrogen and oxygen atoms in total. The molecular weight excluding hydrogens is 320 g/mol. The van der Waals surface area contributed by atoms with Crippen molar-refractivity contribution in [1.29, 1.82) is 0 Å². The molecule has 2 aliphatic rings. The van der Waals surface area contributed by atoms with E-state index in [4.69, 9.17) is 0 Å². The van der Waals surface area contributed by atoms with E-state index < -0.39 is 0 Å². The van der Waals surface area contributed by atoms with Crippen molar-refractivity contribution >= 4 is 18.3 Å². The first-order chi connectivity index (χ1) is 11.1. The Bertz CT molecular complexity index is 515.